The molecule has 0 aliphatic rings. The highest BCUT2D eigenvalue weighted by molar-refractivity contribution is 5.94. The fraction of sp³-hybridized carbons (Fsp3) is 0.0714. The van der Waals surface area contributed by atoms with Crippen LogP contribution in [-0.2, 0) is 0 Å². The minimum atomic E-state index is 0.0262. The van der Waals surface area contributed by atoms with E-state index in [1.807, 2.05) is 0 Å². The summed E-state index contributed by atoms with van der Waals surface area (Å²) in [6.45, 7) is 1.52. The standard InChI is InChI=1S/C14H14N2O2/c1-9(17)10-2-4-11(5-3-10)18-12-6-7-13(15)14(16)8-12/h2-8H,15-16H2,1H3. The summed E-state index contributed by atoms with van der Waals surface area (Å²) >= 11 is 0. The van der Waals surface area contributed by atoms with Gasteiger partial charge in [-0.15, -0.1) is 0 Å². The SMILES string of the molecule is CC(=O)c1ccc(Oc2ccc(N)c(N)c2)cc1. The minimum Gasteiger partial charge on any atom is -0.457 e. The van der Waals surface area contributed by atoms with E-state index in [1.54, 1.807) is 42.5 Å². The Labute approximate surface area is 105 Å². The van der Waals surface area contributed by atoms with Gasteiger partial charge in [-0.2, -0.15) is 0 Å². The molecule has 0 aliphatic heterocycles. The molecule has 0 unspecified atom stereocenters. The number of carbonyl (C=O) groups is 1. The first-order valence-corrected chi connectivity index (χ1v) is 5.50. The van der Waals surface area contributed by atoms with Crippen molar-refractivity contribution in [2.75, 3.05) is 11.5 Å². The van der Waals surface area contributed by atoms with Gasteiger partial charge in [-0.3, -0.25) is 4.79 Å². The van der Waals surface area contributed by atoms with Crippen molar-refractivity contribution in [2.24, 2.45) is 0 Å². The van der Waals surface area contributed by atoms with Crippen LogP contribution in [-0.4, -0.2) is 5.78 Å². The van der Waals surface area contributed by atoms with Crippen LogP contribution in [0, 0.1) is 0 Å². The lowest BCUT2D eigenvalue weighted by molar-refractivity contribution is 0.101. The monoisotopic (exact) mass is 242 g/mol. The maximum atomic E-state index is 11.1. The van der Waals surface area contributed by atoms with Gasteiger partial charge in [0, 0.05) is 11.6 Å². The highest BCUT2D eigenvalue weighted by Gasteiger charge is 2.02. The largest absolute Gasteiger partial charge is 0.457 e. The first-order valence-electron chi connectivity index (χ1n) is 5.50. The Morgan fingerprint density at radius 1 is 0.944 bits per heavy atom. The molecule has 0 radical (unpaired) electrons. The Morgan fingerprint density at radius 2 is 1.56 bits per heavy atom. The number of rotatable bonds is 3. The molecule has 0 bridgehead atoms. The van der Waals surface area contributed by atoms with Crippen molar-refractivity contribution in [1.82, 2.24) is 0 Å². The van der Waals surface area contributed by atoms with Crippen molar-refractivity contribution in [2.45, 2.75) is 6.92 Å². The number of nitrogens with two attached hydrogens (primary N) is 2. The van der Waals surface area contributed by atoms with Gasteiger partial charge < -0.3 is 16.2 Å². The van der Waals surface area contributed by atoms with Crippen LogP contribution in [0.3, 0.4) is 0 Å². The molecule has 2 aromatic rings. The van der Waals surface area contributed by atoms with Crippen LogP contribution in [0.5, 0.6) is 11.5 Å². The zero-order valence-corrected chi connectivity index (χ0v) is 10.0. The summed E-state index contributed by atoms with van der Waals surface area (Å²) in [7, 11) is 0. The van der Waals surface area contributed by atoms with Gasteiger partial charge in [0.05, 0.1) is 11.4 Å². The first kappa shape index (κ1) is 12.0. The van der Waals surface area contributed by atoms with Crippen molar-refractivity contribution in [3.05, 3.63) is 48.0 Å². The molecule has 4 heteroatoms. The summed E-state index contributed by atoms with van der Waals surface area (Å²) in [5.41, 5.74) is 13.0. The molecule has 18 heavy (non-hydrogen) atoms. The van der Waals surface area contributed by atoms with Crippen molar-refractivity contribution in [3.63, 3.8) is 0 Å². The Balaban J connectivity index is 2.18. The van der Waals surface area contributed by atoms with Gasteiger partial charge in [0.2, 0.25) is 0 Å². The van der Waals surface area contributed by atoms with Crippen LogP contribution in [0.2, 0.25) is 0 Å². The third-order valence-corrected chi connectivity index (χ3v) is 2.55. The van der Waals surface area contributed by atoms with Crippen molar-refractivity contribution in [1.29, 1.82) is 0 Å². The molecular formula is C14H14N2O2. The topological polar surface area (TPSA) is 78.3 Å². The predicted molar refractivity (Wildman–Crippen MR) is 71.8 cm³/mol. The summed E-state index contributed by atoms with van der Waals surface area (Å²) in [5.74, 6) is 1.28. The highest BCUT2D eigenvalue weighted by Crippen LogP contribution is 2.26. The van der Waals surface area contributed by atoms with Crippen molar-refractivity contribution >= 4 is 17.2 Å². The zero-order chi connectivity index (χ0) is 13.1. The minimum absolute atomic E-state index is 0.0262. The van der Waals surface area contributed by atoms with Crippen LogP contribution in [0.15, 0.2) is 42.5 Å². The molecule has 0 saturated heterocycles. The zero-order valence-electron chi connectivity index (χ0n) is 10.0. The Bertz CT molecular complexity index is 577. The predicted octanol–water partition coefficient (Wildman–Crippen LogP) is 2.85. The van der Waals surface area contributed by atoms with Gasteiger partial charge in [-0.25, -0.2) is 0 Å². The molecule has 2 rings (SSSR count). The number of Topliss-reactive ketones (excluding diaryl/α,β-unsaturated/α-hetero) is 1. The van der Waals surface area contributed by atoms with E-state index in [4.69, 9.17) is 16.2 Å². The molecule has 0 atom stereocenters. The molecule has 0 fully saturated rings. The third-order valence-electron chi connectivity index (χ3n) is 2.55. The lowest BCUT2D eigenvalue weighted by Crippen LogP contribution is -1.95. The molecule has 0 heterocycles. The number of nitrogen functional groups attached to an aromatic ring is 2. The number of anilines is 2. The number of carbonyl (C=O) groups excluding carboxylic acids is 1. The highest BCUT2D eigenvalue weighted by atomic mass is 16.5. The van der Waals surface area contributed by atoms with E-state index in [0.717, 1.165) is 0 Å². The Kier molecular flexibility index (Phi) is 3.19. The molecule has 4 N–H and O–H groups in total. The van der Waals surface area contributed by atoms with Crippen LogP contribution in [0.4, 0.5) is 11.4 Å². The van der Waals surface area contributed by atoms with Gasteiger partial charge in [0.1, 0.15) is 11.5 Å². The number of hydrogen-bond donors (Lipinski definition) is 2. The second kappa shape index (κ2) is 4.79. The third kappa shape index (κ3) is 2.60. The molecule has 0 spiro atoms. The maximum Gasteiger partial charge on any atom is 0.159 e. The molecule has 0 aromatic heterocycles. The van der Waals surface area contributed by atoms with Crippen LogP contribution in [0.1, 0.15) is 17.3 Å². The first-order chi connectivity index (χ1) is 8.56. The van der Waals surface area contributed by atoms with Crippen LogP contribution >= 0.6 is 0 Å². The molecule has 2 aromatic carbocycles. The van der Waals surface area contributed by atoms with Crippen LogP contribution < -0.4 is 16.2 Å². The lowest BCUT2D eigenvalue weighted by Gasteiger charge is -2.08. The molecule has 92 valence electrons. The molecule has 0 saturated carbocycles. The summed E-state index contributed by atoms with van der Waals surface area (Å²) in [6, 6.07) is 12.0. The van der Waals surface area contributed by atoms with Gasteiger partial charge in [-0.05, 0) is 43.3 Å². The number of benzene rings is 2. The Hall–Kier alpha value is -2.49. The summed E-state index contributed by atoms with van der Waals surface area (Å²) < 4.78 is 5.60. The van der Waals surface area contributed by atoms with E-state index in [2.05, 4.69) is 0 Å². The van der Waals surface area contributed by atoms with Gasteiger partial charge in [-0.1, -0.05) is 0 Å². The summed E-state index contributed by atoms with van der Waals surface area (Å²) in [4.78, 5) is 11.1. The Morgan fingerprint density at radius 3 is 2.11 bits per heavy atom. The van der Waals surface area contributed by atoms with E-state index >= 15 is 0 Å². The van der Waals surface area contributed by atoms with E-state index < -0.39 is 0 Å². The summed E-state index contributed by atoms with van der Waals surface area (Å²) in [5, 5.41) is 0. The fourth-order valence-electron chi connectivity index (χ4n) is 1.51. The average Bonchev–Trinajstić information content (AvgIpc) is 2.34. The maximum absolute atomic E-state index is 11.1. The number of ketones is 1. The number of hydrogen-bond acceptors (Lipinski definition) is 4. The normalized spacial score (nSPS) is 10.1. The lowest BCUT2D eigenvalue weighted by atomic mass is 10.1. The number of ether oxygens (including phenoxy) is 1. The smallest absolute Gasteiger partial charge is 0.159 e. The molecule has 0 amide bonds. The average molecular weight is 242 g/mol. The summed E-state index contributed by atoms with van der Waals surface area (Å²) in [6.07, 6.45) is 0. The quantitative estimate of drug-likeness (QED) is 0.640. The van der Waals surface area contributed by atoms with Gasteiger partial charge in [0.25, 0.3) is 0 Å². The van der Waals surface area contributed by atoms with E-state index in [9.17, 15) is 4.79 Å². The fourth-order valence-corrected chi connectivity index (χ4v) is 1.51. The molecule has 0 aliphatic carbocycles. The van der Waals surface area contributed by atoms with Crippen LogP contribution in [0.25, 0.3) is 0 Å². The van der Waals surface area contributed by atoms with E-state index in [1.165, 1.54) is 6.92 Å². The molecular weight excluding hydrogens is 228 g/mol. The molecule has 4 nitrogen and oxygen atoms in total. The van der Waals surface area contributed by atoms with Crippen molar-refractivity contribution in [3.8, 4) is 11.5 Å². The van der Waals surface area contributed by atoms with Crippen molar-refractivity contribution < 1.29 is 9.53 Å². The second-order valence-electron chi connectivity index (χ2n) is 3.97. The van der Waals surface area contributed by atoms with Gasteiger partial charge >= 0.3 is 0 Å². The van der Waals surface area contributed by atoms with Gasteiger partial charge in [0.15, 0.2) is 5.78 Å². The van der Waals surface area contributed by atoms with E-state index in [0.29, 0.717) is 28.4 Å². The second-order valence-corrected chi connectivity index (χ2v) is 3.97. The van der Waals surface area contributed by atoms with E-state index in [-0.39, 0.29) is 5.78 Å².